The molecular formula is C53H34N4O. The predicted octanol–water partition coefficient (Wildman–Crippen LogP) is 14.2. The molecule has 0 radical (unpaired) electrons. The van der Waals surface area contributed by atoms with Crippen LogP contribution in [0.5, 0.6) is 0 Å². The van der Waals surface area contributed by atoms with E-state index in [4.69, 9.17) is 19.4 Å². The fraction of sp³-hybridized carbons (Fsp3) is 0. The minimum atomic E-state index is 0.594. The van der Waals surface area contributed by atoms with Crippen LogP contribution in [0.3, 0.4) is 0 Å². The zero-order valence-electron chi connectivity index (χ0n) is 31.3. The lowest BCUT2D eigenvalue weighted by Crippen LogP contribution is -2.11. The average Bonchev–Trinajstić information content (AvgIpc) is 3.67. The van der Waals surface area contributed by atoms with E-state index >= 15 is 0 Å². The first kappa shape index (κ1) is 33.4. The van der Waals surface area contributed by atoms with Gasteiger partial charge in [0.1, 0.15) is 11.2 Å². The van der Waals surface area contributed by atoms with Gasteiger partial charge in [-0.1, -0.05) is 158 Å². The van der Waals surface area contributed by atoms with Gasteiger partial charge in [0.15, 0.2) is 17.5 Å². The van der Waals surface area contributed by atoms with E-state index in [1.165, 1.54) is 21.5 Å². The number of aromatic nitrogens is 3. The molecule has 272 valence electrons. The zero-order valence-corrected chi connectivity index (χ0v) is 31.3. The van der Waals surface area contributed by atoms with E-state index in [-0.39, 0.29) is 0 Å². The lowest BCUT2D eigenvalue weighted by atomic mass is 10.0. The second-order valence-electron chi connectivity index (χ2n) is 14.4. The lowest BCUT2D eigenvalue weighted by molar-refractivity contribution is 0.669. The van der Waals surface area contributed by atoms with Crippen molar-refractivity contribution >= 4 is 60.5 Å². The van der Waals surface area contributed by atoms with E-state index in [1.54, 1.807) is 0 Å². The van der Waals surface area contributed by atoms with Gasteiger partial charge in [0, 0.05) is 43.9 Å². The summed E-state index contributed by atoms with van der Waals surface area (Å²) in [5, 5.41) is 6.91. The number of anilines is 3. The maximum absolute atomic E-state index is 6.59. The topological polar surface area (TPSA) is 55.1 Å². The van der Waals surface area contributed by atoms with Gasteiger partial charge in [-0.3, -0.25) is 0 Å². The van der Waals surface area contributed by atoms with Crippen LogP contribution >= 0.6 is 0 Å². The molecule has 9 aromatic carbocycles. The highest BCUT2D eigenvalue weighted by Gasteiger charge is 2.19. The second kappa shape index (κ2) is 14.0. The monoisotopic (exact) mass is 742 g/mol. The highest BCUT2D eigenvalue weighted by Crippen LogP contribution is 2.43. The largest absolute Gasteiger partial charge is 0.456 e. The minimum Gasteiger partial charge on any atom is -0.456 e. The molecule has 11 rings (SSSR count). The molecule has 0 spiro atoms. The van der Waals surface area contributed by atoms with Gasteiger partial charge in [-0.05, 0) is 70.4 Å². The van der Waals surface area contributed by atoms with Crippen molar-refractivity contribution in [3.8, 4) is 45.3 Å². The molecule has 2 aromatic heterocycles. The fourth-order valence-electron chi connectivity index (χ4n) is 8.05. The average molecular weight is 743 g/mol. The van der Waals surface area contributed by atoms with Gasteiger partial charge in [0.25, 0.3) is 0 Å². The van der Waals surface area contributed by atoms with E-state index in [0.717, 1.165) is 66.8 Å². The number of nitrogens with zero attached hydrogens (tertiary/aromatic N) is 4. The molecule has 0 bridgehead atoms. The predicted molar refractivity (Wildman–Crippen MR) is 239 cm³/mol. The molecule has 0 N–H and O–H groups in total. The third-order valence-electron chi connectivity index (χ3n) is 10.9. The van der Waals surface area contributed by atoms with Gasteiger partial charge in [0.2, 0.25) is 0 Å². The summed E-state index contributed by atoms with van der Waals surface area (Å²) in [6, 6.07) is 71.8. The van der Waals surface area contributed by atoms with Crippen LogP contribution in [0.2, 0.25) is 0 Å². The minimum absolute atomic E-state index is 0.594. The highest BCUT2D eigenvalue weighted by atomic mass is 16.3. The molecule has 0 aliphatic rings. The van der Waals surface area contributed by atoms with Crippen molar-refractivity contribution in [2.75, 3.05) is 4.90 Å². The first-order valence-corrected chi connectivity index (χ1v) is 19.4. The third-order valence-corrected chi connectivity index (χ3v) is 10.9. The van der Waals surface area contributed by atoms with Crippen LogP contribution < -0.4 is 4.90 Å². The first-order chi connectivity index (χ1) is 28.7. The number of hydrogen-bond donors (Lipinski definition) is 0. The first-order valence-electron chi connectivity index (χ1n) is 19.4. The van der Waals surface area contributed by atoms with Gasteiger partial charge in [-0.15, -0.1) is 0 Å². The molecule has 2 heterocycles. The molecule has 5 nitrogen and oxygen atoms in total. The number of furan rings is 1. The smallest absolute Gasteiger partial charge is 0.164 e. The van der Waals surface area contributed by atoms with Crippen LogP contribution in [0.15, 0.2) is 211 Å². The molecule has 0 fully saturated rings. The van der Waals surface area contributed by atoms with Crippen LogP contribution in [-0.4, -0.2) is 15.0 Å². The standard InChI is InChI=1S/C53H34N4O/c1-3-15-38(16-4-1)51-54-52(39-17-5-2-6-18-39)56-53(55-51)41-28-32-46-45-31-27-40(33-49(45)58-50(46)34-41)35-25-29-42(30-26-35)57(47-23-11-19-36-13-7-9-21-43(36)47)48-24-12-20-37-14-8-10-22-44(37)48/h1-34H. The lowest BCUT2D eigenvalue weighted by Gasteiger charge is -2.28. The molecule has 0 saturated carbocycles. The number of fused-ring (bicyclic) bond motifs is 5. The Balaban J connectivity index is 0.970. The molecule has 5 heteroatoms. The van der Waals surface area contributed by atoms with Crippen molar-refractivity contribution in [3.63, 3.8) is 0 Å². The summed E-state index contributed by atoms with van der Waals surface area (Å²) in [5.41, 5.74) is 9.87. The molecule has 0 saturated heterocycles. The summed E-state index contributed by atoms with van der Waals surface area (Å²) in [6.07, 6.45) is 0. The molecule has 0 atom stereocenters. The van der Waals surface area contributed by atoms with Crippen molar-refractivity contribution in [2.24, 2.45) is 0 Å². The molecular weight excluding hydrogens is 709 g/mol. The summed E-state index contributed by atoms with van der Waals surface area (Å²) in [4.78, 5) is 17.1. The van der Waals surface area contributed by atoms with E-state index in [0.29, 0.717) is 17.5 Å². The van der Waals surface area contributed by atoms with Gasteiger partial charge in [-0.2, -0.15) is 0 Å². The van der Waals surface area contributed by atoms with Crippen LogP contribution in [0.1, 0.15) is 0 Å². The van der Waals surface area contributed by atoms with E-state index in [1.807, 2.05) is 66.7 Å². The summed E-state index contributed by atoms with van der Waals surface area (Å²) in [5.74, 6) is 1.85. The van der Waals surface area contributed by atoms with Crippen LogP contribution in [0.4, 0.5) is 17.1 Å². The van der Waals surface area contributed by atoms with Crippen molar-refractivity contribution in [1.82, 2.24) is 15.0 Å². The molecule has 0 aliphatic heterocycles. The molecule has 58 heavy (non-hydrogen) atoms. The quantitative estimate of drug-likeness (QED) is 0.163. The number of rotatable bonds is 7. The van der Waals surface area contributed by atoms with E-state index in [9.17, 15) is 0 Å². The Labute approximate surface area is 335 Å². The Hall–Kier alpha value is -7.89. The molecule has 11 aromatic rings. The Kier molecular flexibility index (Phi) is 8.07. The van der Waals surface area contributed by atoms with Crippen molar-refractivity contribution in [1.29, 1.82) is 0 Å². The normalized spacial score (nSPS) is 11.4. The molecule has 0 aliphatic carbocycles. The van der Waals surface area contributed by atoms with E-state index < -0.39 is 0 Å². The van der Waals surface area contributed by atoms with Crippen molar-refractivity contribution in [2.45, 2.75) is 0 Å². The fourth-order valence-corrected chi connectivity index (χ4v) is 8.05. The van der Waals surface area contributed by atoms with Crippen molar-refractivity contribution < 1.29 is 4.42 Å². The SMILES string of the molecule is c1ccc(-c2nc(-c3ccccc3)nc(-c3ccc4c(c3)oc3cc(-c5ccc(N(c6cccc7ccccc67)c6cccc7ccccc67)cc5)ccc34)n2)cc1. The Morgan fingerprint density at radius 1 is 0.310 bits per heavy atom. The van der Waals surface area contributed by atoms with E-state index in [2.05, 4.69) is 144 Å². The highest BCUT2D eigenvalue weighted by molar-refractivity contribution is 6.07. The van der Waals surface area contributed by atoms with Gasteiger partial charge in [0.05, 0.1) is 11.4 Å². The maximum atomic E-state index is 6.59. The summed E-state index contributed by atoms with van der Waals surface area (Å²) in [7, 11) is 0. The van der Waals surface area contributed by atoms with Crippen LogP contribution in [0.25, 0.3) is 88.8 Å². The van der Waals surface area contributed by atoms with Crippen molar-refractivity contribution in [3.05, 3.63) is 206 Å². The summed E-state index contributed by atoms with van der Waals surface area (Å²) < 4.78 is 6.59. The Bertz CT molecular complexity index is 3140. The summed E-state index contributed by atoms with van der Waals surface area (Å²) in [6.45, 7) is 0. The number of hydrogen-bond acceptors (Lipinski definition) is 5. The van der Waals surface area contributed by atoms with Gasteiger partial charge >= 0.3 is 0 Å². The molecule has 0 unspecified atom stereocenters. The van der Waals surface area contributed by atoms with Gasteiger partial charge < -0.3 is 9.32 Å². The van der Waals surface area contributed by atoms with Crippen LogP contribution in [0, 0.1) is 0 Å². The third kappa shape index (κ3) is 5.94. The zero-order chi connectivity index (χ0) is 38.4. The number of benzene rings is 9. The Morgan fingerprint density at radius 2 is 0.741 bits per heavy atom. The second-order valence-corrected chi connectivity index (χ2v) is 14.4. The van der Waals surface area contributed by atoms with Crippen LogP contribution in [-0.2, 0) is 0 Å². The van der Waals surface area contributed by atoms with Gasteiger partial charge in [-0.25, -0.2) is 15.0 Å². The maximum Gasteiger partial charge on any atom is 0.164 e. The summed E-state index contributed by atoms with van der Waals surface area (Å²) >= 11 is 0. The molecule has 0 amide bonds. The Morgan fingerprint density at radius 3 is 1.29 bits per heavy atom.